The maximum absolute atomic E-state index is 10.7. The minimum Gasteiger partial charge on any atom is -0.508 e. The molecule has 0 aromatic heterocycles. The van der Waals surface area contributed by atoms with Crippen molar-refractivity contribution in [2.45, 2.75) is 52.2 Å². The van der Waals surface area contributed by atoms with Crippen molar-refractivity contribution in [1.82, 2.24) is 0 Å². The van der Waals surface area contributed by atoms with Gasteiger partial charge in [0.15, 0.2) is 18.9 Å². The summed E-state index contributed by atoms with van der Waals surface area (Å²) < 4.78 is 16.0. The number of allylic oxidation sites excluding steroid dienone is 1. The van der Waals surface area contributed by atoms with E-state index >= 15 is 0 Å². The van der Waals surface area contributed by atoms with Crippen LogP contribution in [0, 0.1) is 13.8 Å². The number of aromatic hydroxyl groups is 3. The van der Waals surface area contributed by atoms with E-state index in [4.69, 9.17) is 24.4 Å². The van der Waals surface area contributed by atoms with E-state index in [0.717, 1.165) is 31.9 Å². The van der Waals surface area contributed by atoms with Gasteiger partial charge in [0, 0.05) is 18.6 Å². The molecule has 0 bridgehead atoms. The van der Waals surface area contributed by atoms with Crippen LogP contribution in [-0.2, 0) is 9.47 Å². The lowest BCUT2D eigenvalue weighted by Crippen LogP contribution is -2.25. The van der Waals surface area contributed by atoms with Crippen molar-refractivity contribution in [2.24, 2.45) is 0 Å². The van der Waals surface area contributed by atoms with Gasteiger partial charge in [-0.15, -0.1) is 0 Å². The largest absolute Gasteiger partial charge is 0.508 e. The summed E-state index contributed by atoms with van der Waals surface area (Å²) in [6.07, 6.45) is 10.2. The van der Waals surface area contributed by atoms with Gasteiger partial charge in [-0.3, -0.25) is 9.59 Å². The highest BCUT2D eigenvalue weighted by molar-refractivity contribution is 5.82. The number of phenols is 3. The highest BCUT2D eigenvalue weighted by Crippen LogP contribution is 2.28. The Labute approximate surface area is 199 Å². The van der Waals surface area contributed by atoms with Crippen LogP contribution in [0.5, 0.6) is 23.0 Å². The second-order valence-electron chi connectivity index (χ2n) is 7.90. The first kappa shape index (κ1) is 26.7. The third-order valence-electron chi connectivity index (χ3n) is 5.15. The van der Waals surface area contributed by atoms with Gasteiger partial charge in [-0.1, -0.05) is 0 Å². The first-order valence-electron chi connectivity index (χ1n) is 11.2. The van der Waals surface area contributed by atoms with Gasteiger partial charge in [-0.05, 0) is 68.9 Å². The molecule has 2 aromatic carbocycles. The van der Waals surface area contributed by atoms with E-state index < -0.39 is 0 Å². The molecule has 2 aromatic rings. The highest BCUT2D eigenvalue weighted by Gasteiger charge is 2.16. The summed E-state index contributed by atoms with van der Waals surface area (Å²) in [6.45, 7) is 5.03. The first-order chi connectivity index (χ1) is 16.3. The van der Waals surface area contributed by atoms with Crippen molar-refractivity contribution in [3.63, 3.8) is 0 Å². The molecule has 1 unspecified atom stereocenters. The normalized spacial score (nSPS) is 16.6. The van der Waals surface area contributed by atoms with Crippen LogP contribution >= 0.6 is 0 Å². The fourth-order valence-electron chi connectivity index (χ4n) is 3.33. The summed E-state index contributed by atoms with van der Waals surface area (Å²) in [6, 6.07) is 5.75. The molecule has 184 valence electrons. The smallest absolute Gasteiger partial charge is 0.199 e. The van der Waals surface area contributed by atoms with E-state index in [0.29, 0.717) is 41.6 Å². The van der Waals surface area contributed by atoms with Crippen molar-refractivity contribution >= 4 is 12.6 Å². The fourth-order valence-corrected chi connectivity index (χ4v) is 3.33. The number of rotatable bonds is 4. The Bertz CT molecular complexity index is 923. The Hall–Kier alpha value is -3.52. The summed E-state index contributed by atoms with van der Waals surface area (Å²) in [7, 11) is 0. The number of aryl methyl sites for hydroxylation is 2. The van der Waals surface area contributed by atoms with Crippen LogP contribution in [0.25, 0.3) is 0 Å². The van der Waals surface area contributed by atoms with Crippen LogP contribution in [0.3, 0.4) is 0 Å². The lowest BCUT2D eigenvalue weighted by atomic mass is 10.1. The number of benzene rings is 2. The van der Waals surface area contributed by atoms with Gasteiger partial charge in [0.2, 0.25) is 0 Å². The SMILES string of the molecule is C1=COCCC1.Cc1cc(O)cc(O)c1C=O.Cc1cc(OC2CCCCO2)cc(O)c1C=O. The minimum atomic E-state index is -0.246. The Morgan fingerprint density at radius 1 is 0.882 bits per heavy atom. The zero-order chi connectivity index (χ0) is 24.9. The predicted molar refractivity (Wildman–Crippen MR) is 127 cm³/mol. The fraction of sp³-hybridized carbons (Fsp3) is 0.385. The average molecular weight is 473 g/mol. The van der Waals surface area contributed by atoms with E-state index in [1.54, 1.807) is 26.2 Å². The molecule has 3 N–H and O–H groups in total. The zero-order valence-corrected chi connectivity index (χ0v) is 19.5. The van der Waals surface area contributed by atoms with Gasteiger partial charge in [0.25, 0.3) is 0 Å². The van der Waals surface area contributed by atoms with Gasteiger partial charge in [-0.25, -0.2) is 0 Å². The van der Waals surface area contributed by atoms with Crippen molar-refractivity contribution < 1.29 is 39.1 Å². The maximum Gasteiger partial charge on any atom is 0.199 e. The summed E-state index contributed by atoms with van der Waals surface area (Å²) in [5.41, 5.74) is 1.80. The standard InChI is InChI=1S/C13H16O4.C8H8O3.C5H8O/c1-9-6-10(7-12(15)11(9)8-14)17-13-4-2-3-5-16-13;1-5-2-6(10)3-8(11)7(5)4-9;1-2-4-6-5-3-1/h6-8,13,15H,2-5H2,1H3;2-4,10-11H,1H3;2,4H,1,3,5H2. The number of carbonyl (C=O) groups excluding carboxylic acids is 2. The molecule has 1 atom stereocenters. The number of hydrogen-bond acceptors (Lipinski definition) is 8. The quantitative estimate of drug-likeness (QED) is 0.535. The van der Waals surface area contributed by atoms with Crippen LogP contribution in [0.2, 0.25) is 0 Å². The number of phenolic OH excluding ortho intramolecular Hbond substituents is 3. The molecule has 0 aliphatic carbocycles. The van der Waals surface area contributed by atoms with E-state index in [1.165, 1.54) is 25.0 Å². The molecule has 8 heteroatoms. The third kappa shape index (κ3) is 8.44. The van der Waals surface area contributed by atoms with Gasteiger partial charge >= 0.3 is 0 Å². The molecule has 0 radical (unpaired) electrons. The van der Waals surface area contributed by atoms with E-state index in [1.807, 2.05) is 6.08 Å². The van der Waals surface area contributed by atoms with Crippen molar-refractivity contribution in [2.75, 3.05) is 13.2 Å². The highest BCUT2D eigenvalue weighted by atomic mass is 16.7. The lowest BCUT2D eigenvalue weighted by Gasteiger charge is -2.23. The van der Waals surface area contributed by atoms with Gasteiger partial charge in [0.1, 0.15) is 23.0 Å². The van der Waals surface area contributed by atoms with E-state index in [-0.39, 0.29) is 29.1 Å². The van der Waals surface area contributed by atoms with Crippen molar-refractivity contribution in [3.05, 3.63) is 58.9 Å². The number of ether oxygens (including phenoxy) is 3. The predicted octanol–water partition coefficient (Wildman–Crippen LogP) is 4.95. The Morgan fingerprint density at radius 3 is 2.00 bits per heavy atom. The summed E-state index contributed by atoms with van der Waals surface area (Å²) in [5, 5.41) is 27.7. The van der Waals surface area contributed by atoms with E-state index in [9.17, 15) is 14.7 Å². The molecule has 1 saturated heterocycles. The van der Waals surface area contributed by atoms with Crippen molar-refractivity contribution in [1.29, 1.82) is 0 Å². The molecule has 2 heterocycles. The van der Waals surface area contributed by atoms with Crippen LogP contribution < -0.4 is 4.74 Å². The number of carbonyl (C=O) groups is 2. The molecule has 34 heavy (non-hydrogen) atoms. The monoisotopic (exact) mass is 472 g/mol. The first-order valence-corrected chi connectivity index (χ1v) is 11.2. The van der Waals surface area contributed by atoms with Crippen LogP contribution in [0.4, 0.5) is 0 Å². The maximum atomic E-state index is 10.7. The van der Waals surface area contributed by atoms with Crippen molar-refractivity contribution in [3.8, 4) is 23.0 Å². The van der Waals surface area contributed by atoms with Gasteiger partial charge in [-0.2, -0.15) is 0 Å². The number of aldehydes is 2. The molecule has 2 aliphatic heterocycles. The average Bonchev–Trinajstić information content (AvgIpc) is 2.81. The summed E-state index contributed by atoms with van der Waals surface area (Å²) >= 11 is 0. The van der Waals surface area contributed by atoms with Crippen LogP contribution in [0.1, 0.15) is 63.9 Å². The molecular formula is C26H32O8. The summed E-state index contributed by atoms with van der Waals surface area (Å²) in [4.78, 5) is 21.0. The Morgan fingerprint density at radius 2 is 1.56 bits per heavy atom. The third-order valence-corrected chi connectivity index (χ3v) is 5.15. The van der Waals surface area contributed by atoms with Gasteiger partial charge < -0.3 is 29.5 Å². The molecular weight excluding hydrogens is 440 g/mol. The van der Waals surface area contributed by atoms with Gasteiger partial charge in [0.05, 0.1) is 30.6 Å². The lowest BCUT2D eigenvalue weighted by molar-refractivity contribution is -0.105. The second-order valence-corrected chi connectivity index (χ2v) is 7.90. The van der Waals surface area contributed by atoms with E-state index in [2.05, 4.69) is 0 Å². The molecule has 0 spiro atoms. The zero-order valence-electron chi connectivity index (χ0n) is 19.5. The van der Waals surface area contributed by atoms with Crippen LogP contribution in [-0.4, -0.2) is 47.4 Å². The topological polar surface area (TPSA) is 123 Å². The molecule has 8 nitrogen and oxygen atoms in total. The molecule has 1 fully saturated rings. The Balaban J connectivity index is 0.000000204. The molecule has 2 aliphatic rings. The molecule has 4 rings (SSSR count). The minimum absolute atomic E-state index is 0.0365. The summed E-state index contributed by atoms with van der Waals surface area (Å²) in [5.74, 6) is 0.270. The second kappa shape index (κ2) is 13.9. The molecule has 0 saturated carbocycles. The van der Waals surface area contributed by atoms with Crippen LogP contribution in [0.15, 0.2) is 36.6 Å². The molecule has 0 amide bonds. The Kier molecular flexibility index (Phi) is 10.9. The number of hydrogen-bond donors (Lipinski definition) is 3.